The van der Waals surface area contributed by atoms with Crippen molar-refractivity contribution in [1.29, 1.82) is 0 Å². The van der Waals surface area contributed by atoms with Gasteiger partial charge in [-0.3, -0.25) is 0 Å². The van der Waals surface area contributed by atoms with Gasteiger partial charge >= 0.3 is 30.7 Å². The Bertz CT molecular complexity index is 6.00. The van der Waals surface area contributed by atoms with Gasteiger partial charge in [0.1, 0.15) is 0 Å². The van der Waals surface area contributed by atoms with Crippen LogP contribution >= 0.6 is 9.24 Å². The van der Waals surface area contributed by atoms with Crippen LogP contribution < -0.4 is 0 Å². The molecule has 0 fully saturated rings. The molecule has 0 rings (SSSR count). The Labute approximate surface area is 48.5 Å². The third-order valence-electron chi connectivity index (χ3n) is 0. The van der Waals surface area contributed by atoms with Crippen LogP contribution in [-0.4, -0.2) is 39.1 Å². The second kappa shape index (κ2) is 8.82. The third kappa shape index (κ3) is 9.69. The molecular formula is CH4Ge2P. The van der Waals surface area contributed by atoms with Crippen LogP contribution in [0.15, 0.2) is 0 Å². The van der Waals surface area contributed by atoms with Crippen LogP contribution in [0, 0.1) is 0 Å². The number of hydrogen-bond acceptors (Lipinski definition) is 0. The molecule has 0 heterocycles. The van der Waals surface area contributed by atoms with Crippen LogP contribution in [0.5, 0.6) is 0 Å². The Hall–Kier alpha value is 1.52. The maximum atomic E-state index is 2.58. The first-order valence-electron chi connectivity index (χ1n) is 0.762. The largest absolute Gasteiger partial charge is 0 e. The fourth-order valence-corrected chi connectivity index (χ4v) is 0. The van der Waals surface area contributed by atoms with E-state index in [9.17, 15) is 0 Å². The van der Waals surface area contributed by atoms with Crippen LogP contribution in [-0.2, 0) is 0 Å². The van der Waals surface area contributed by atoms with E-state index >= 15 is 0 Å². The molecule has 0 aliphatic heterocycles. The first kappa shape index (κ1) is 9.10. The van der Waals surface area contributed by atoms with Crippen molar-refractivity contribution >= 4 is 43.4 Å². The molecule has 7 radical (unpaired) electrons. The zero-order valence-corrected chi connectivity index (χ0v) is 7.64. The van der Waals surface area contributed by atoms with Gasteiger partial charge in [0.05, 0.1) is 0 Å². The minimum absolute atomic E-state index is 0. The molecule has 0 saturated heterocycles. The normalized spacial score (nSPS) is 4.50. The number of hydrogen-bond donors (Lipinski definition) is 0. The molecule has 1 unspecified atom stereocenters. The van der Waals surface area contributed by atoms with Crippen molar-refractivity contribution in [1.82, 2.24) is 0 Å². The molecule has 21 valence electrons. The van der Waals surface area contributed by atoms with E-state index in [2.05, 4.69) is 25.8 Å². The van der Waals surface area contributed by atoms with Crippen molar-refractivity contribution in [3.8, 4) is 0 Å². The molecule has 0 aromatic carbocycles. The standard InChI is InChI=1S/CH4GeP.Ge/c2-1-3;/h1,3H2;. The van der Waals surface area contributed by atoms with Gasteiger partial charge in [-0.15, -0.1) is 0 Å². The average molecular weight is 192 g/mol. The van der Waals surface area contributed by atoms with Crippen molar-refractivity contribution in [3.05, 3.63) is 0 Å². The fourth-order valence-electron chi connectivity index (χ4n) is 0. The topological polar surface area (TPSA) is 0 Å². The van der Waals surface area contributed by atoms with Crippen molar-refractivity contribution < 1.29 is 0 Å². The first-order chi connectivity index (χ1) is 1.41. The maximum Gasteiger partial charge on any atom is 0 e. The monoisotopic (exact) mass is 195 g/mol. The first-order valence-corrected chi connectivity index (χ1v) is 3.06. The van der Waals surface area contributed by atoms with Crippen molar-refractivity contribution in [3.63, 3.8) is 0 Å². The van der Waals surface area contributed by atoms with E-state index in [0.717, 1.165) is 0 Å². The Morgan fingerprint density at radius 2 is 1.75 bits per heavy atom. The summed E-state index contributed by atoms with van der Waals surface area (Å²) in [5.74, 6) is 0. The second-order valence-electron chi connectivity index (χ2n) is 0.204. The van der Waals surface area contributed by atoms with Gasteiger partial charge in [-0.2, -0.15) is 0 Å². The molecule has 0 aromatic rings. The fraction of sp³-hybridized carbons (Fsp3) is 1.00. The molecule has 0 aliphatic carbocycles. The third-order valence-corrected chi connectivity index (χ3v) is 0. The summed E-state index contributed by atoms with van der Waals surface area (Å²) >= 11 is 2.09. The molecule has 0 N–H and O–H groups in total. The van der Waals surface area contributed by atoms with Crippen molar-refractivity contribution in [2.75, 3.05) is 4.99 Å². The van der Waals surface area contributed by atoms with Gasteiger partial charge in [-0.05, 0) is 0 Å². The Kier molecular flexibility index (Phi) is 20.1. The quantitative estimate of drug-likeness (QED) is 0.362. The summed E-state index contributed by atoms with van der Waals surface area (Å²) in [4.78, 5) is 1.17. The van der Waals surface area contributed by atoms with Crippen LogP contribution in [0.3, 0.4) is 0 Å². The summed E-state index contributed by atoms with van der Waals surface area (Å²) in [6.07, 6.45) is 0. The SMILES string of the molecule is P[CH2][Ge].[Ge]. The summed E-state index contributed by atoms with van der Waals surface area (Å²) in [6, 6.07) is 0. The van der Waals surface area contributed by atoms with Crippen molar-refractivity contribution in [2.24, 2.45) is 0 Å². The van der Waals surface area contributed by atoms with E-state index in [4.69, 9.17) is 0 Å². The van der Waals surface area contributed by atoms with E-state index in [0.29, 0.717) is 0 Å². The smallest absolute Gasteiger partial charge is 0 e. The maximum absolute atomic E-state index is 2.58. The molecule has 0 spiro atoms. The molecule has 4 heavy (non-hydrogen) atoms. The van der Waals surface area contributed by atoms with Crippen LogP contribution in [0.2, 0.25) is 0 Å². The molecular weight excluding hydrogens is 188 g/mol. The zero-order valence-electron chi connectivity index (χ0n) is 2.28. The predicted octanol–water partition coefficient (Wildman–Crippen LogP) is -0.393. The van der Waals surface area contributed by atoms with E-state index in [1.54, 1.807) is 0 Å². The molecule has 0 amide bonds. The molecule has 0 aliphatic rings. The van der Waals surface area contributed by atoms with E-state index < -0.39 is 0 Å². The van der Waals surface area contributed by atoms with Gasteiger partial charge in [-0.25, -0.2) is 0 Å². The average Bonchev–Trinajstić information content (AvgIpc) is 0.918. The summed E-state index contributed by atoms with van der Waals surface area (Å²) in [7, 11) is 2.58. The molecule has 0 saturated carbocycles. The van der Waals surface area contributed by atoms with Crippen molar-refractivity contribution in [2.45, 2.75) is 0 Å². The Morgan fingerprint density at radius 1 is 1.75 bits per heavy atom. The van der Waals surface area contributed by atoms with Crippen LogP contribution in [0.25, 0.3) is 0 Å². The van der Waals surface area contributed by atoms with Gasteiger partial charge in [0.25, 0.3) is 0 Å². The summed E-state index contributed by atoms with van der Waals surface area (Å²) < 4.78 is 0. The van der Waals surface area contributed by atoms with Gasteiger partial charge in [-0.1, -0.05) is 0 Å². The predicted molar refractivity (Wildman–Crippen MR) is 26.1 cm³/mol. The summed E-state index contributed by atoms with van der Waals surface area (Å²) in [5, 5.41) is 0. The Balaban J connectivity index is 0. The molecule has 1 atom stereocenters. The molecule has 0 nitrogen and oxygen atoms in total. The summed E-state index contributed by atoms with van der Waals surface area (Å²) in [6.45, 7) is 0. The minimum Gasteiger partial charge on any atom is 0 e. The second-order valence-corrected chi connectivity index (χ2v) is 3.18. The zero-order chi connectivity index (χ0) is 2.71. The van der Waals surface area contributed by atoms with Gasteiger partial charge < -0.3 is 0 Å². The summed E-state index contributed by atoms with van der Waals surface area (Å²) in [5.41, 5.74) is 0. The van der Waals surface area contributed by atoms with E-state index in [-0.39, 0.29) is 17.6 Å². The van der Waals surface area contributed by atoms with E-state index in [1.165, 1.54) is 4.99 Å². The van der Waals surface area contributed by atoms with Gasteiger partial charge in [0, 0.05) is 17.6 Å². The van der Waals surface area contributed by atoms with Crippen LogP contribution in [0.1, 0.15) is 0 Å². The van der Waals surface area contributed by atoms with E-state index in [1.807, 2.05) is 0 Å². The van der Waals surface area contributed by atoms with Gasteiger partial charge in [0.2, 0.25) is 0 Å². The van der Waals surface area contributed by atoms with Crippen LogP contribution in [0.4, 0.5) is 0 Å². The Morgan fingerprint density at radius 3 is 1.75 bits per heavy atom. The molecule has 0 bridgehead atoms. The number of rotatable bonds is 0. The van der Waals surface area contributed by atoms with Gasteiger partial charge in [0.15, 0.2) is 0 Å². The minimum atomic E-state index is 0. The molecule has 3 heteroatoms. The molecule has 0 aromatic heterocycles.